The van der Waals surface area contributed by atoms with Crippen molar-refractivity contribution in [2.45, 2.75) is 51.0 Å². The molecule has 5 nitrogen and oxygen atoms in total. The highest BCUT2D eigenvalue weighted by Gasteiger charge is 2.37. The topological polar surface area (TPSA) is 83.6 Å². The molecule has 0 aromatic carbocycles. The van der Waals surface area contributed by atoms with Gasteiger partial charge in [-0.05, 0) is 24.8 Å². The summed E-state index contributed by atoms with van der Waals surface area (Å²) in [7, 11) is 0. The molecule has 1 heterocycles. The average Bonchev–Trinajstić information content (AvgIpc) is 2.48. The van der Waals surface area contributed by atoms with Crippen LogP contribution in [0, 0.1) is 5.41 Å². The normalized spacial score (nSPS) is 25.6. The number of carbonyl (C=O) groups is 2. The lowest BCUT2D eigenvalue weighted by Gasteiger charge is -2.40. The molecular weight excluding hydrogens is 288 g/mol. The fraction of sp³-hybridized carbons (Fsp3) is 0.867. The third-order valence-corrected chi connectivity index (χ3v) is 5.92. The predicted octanol–water partition coefficient (Wildman–Crippen LogP) is 1.70. The van der Waals surface area contributed by atoms with Crippen molar-refractivity contribution in [3.63, 3.8) is 0 Å². The van der Waals surface area contributed by atoms with Crippen LogP contribution in [-0.4, -0.2) is 52.5 Å². The average molecular weight is 314 g/mol. The van der Waals surface area contributed by atoms with E-state index in [0.29, 0.717) is 19.5 Å². The van der Waals surface area contributed by atoms with Crippen molar-refractivity contribution < 1.29 is 14.7 Å². The number of hydrogen-bond acceptors (Lipinski definition) is 4. The molecule has 0 bridgehead atoms. The van der Waals surface area contributed by atoms with Crippen LogP contribution >= 0.6 is 11.8 Å². The summed E-state index contributed by atoms with van der Waals surface area (Å²) < 4.78 is 0. The summed E-state index contributed by atoms with van der Waals surface area (Å²) in [5, 5.41) is 9.02. The number of carboxylic acid groups (broad SMARTS) is 1. The fourth-order valence-electron chi connectivity index (χ4n) is 3.53. The molecule has 1 aliphatic heterocycles. The maximum Gasteiger partial charge on any atom is 0.305 e. The van der Waals surface area contributed by atoms with Crippen molar-refractivity contribution in [1.29, 1.82) is 0 Å². The number of hydrogen-bond donors (Lipinski definition) is 2. The van der Waals surface area contributed by atoms with Crippen molar-refractivity contribution in [3.8, 4) is 0 Å². The molecule has 0 aromatic heterocycles. The van der Waals surface area contributed by atoms with Gasteiger partial charge in [0, 0.05) is 24.5 Å². The lowest BCUT2D eigenvalue weighted by molar-refractivity contribution is -0.141. The molecule has 21 heavy (non-hydrogen) atoms. The molecule has 120 valence electrons. The zero-order valence-corrected chi connectivity index (χ0v) is 13.4. The van der Waals surface area contributed by atoms with Crippen LogP contribution in [0.4, 0.5) is 0 Å². The van der Waals surface area contributed by atoms with E-state index in [9.17, 15) is 9.59 Å². The van der Waals surface area contributed by atoms with Gasteiger partial charge in [0.1, 0.15) is 0 Å². The Morgan fingerprint density at radius 1 is 1.29 bits per heavy atom. The summed E-state index contributed by atoms with van der Waals surface area (Å²) in [5.41, 5.74) is 5.91. The Morgan fingerprint density at radius 3 is 2.62 bits per heavy atom. The van der Waals surface area contributed by atoms with Crippen LogP contribution in [0.5, 0.6) is 0 Å². The van der Waals surface area contributed by atoms with Crippen molar-refractivity contribution in [2.75, 3.05) is 24.6 Å². The fourth-order valence-corrected chi connectivity index (χ4v) is 4.59. The number of amides is 1. The van der Waals surface area contributed by atoms with E-state index in [4.69, 9.17) is 10.8 Å². The maximum atomic E-state index is 12.7. The van der Waals surface area contributed by atoms with Crippen LogP contribution in [0.3, 0.4) is 0 Å². The van der Waals surface area contributed by atoms with Crippen LogP contribution in [0.15, 0.2) is 0 Å². The summed E-state index contributed by atoms with van der Waals surface area (Å²) in [6, 6.07) is -0.160. The second kappa shape index (κ2) is 7.49. The van der Waals surface area contributed by atoms with Crippen molar-refractivity contribution in [2.24, 2.45) is 11.1 Å². The summed E-state index contributed by atoms with van der Waals surface area (Å²) in [6.07, 6.45) is 6.14. The van der Waals surface area contributed by atoms with Gasteiger partial charge in [-0.15, -0.1) is 0 Å². The number of carboxylic acids is 1. The van der Waals surface area contributed by atoms with E-state index in [1.807, 2.05) is 0 Å². The van der Waals surface area contributed by atoms with Gasteiger partial charge in [0.2, 0.25) is 5.91 Å². The van der Waals surface area contributed by atoms with E-state index in [1.165, 1.54) is 6.42 Å². The molecule has 1 amide bonds. The smallest absolute Gasteiger partial charge is 0.305 e. The van der Waals surface area contributed by atoms with Gasteiger partial charge < -0.3 is 15.7 Å². The Bertz CT molecular complexity index is 383. The highest BCUT2D eigenvalue weighted by atomic mass is 32.2. The van der Waals surface area contributed by atoms with Crippen LogP contribution < -0.4 is 5.73 Å². The molecule has 6 heteroatoms. The molecule has 2 aliphatic rings. The van der Waals surface area contributed by atoms with Crippen molar-refractivity contribution in [1.82, 2.24) is 4.90 Å². The quantitative estimate of drug-likeness (QED) is 0.807. The zero-order chi connectivity index (χ0) is 15.3. The number of nitrogens with two attached hydrogens (primary N) is 1. The second-order valence-corrected chi connectivity index (χ2v) is 7.51. The number of rotatable bonds is 5. The van der Waals surface area contributed by atoms with E-state index in [0.717, 1.165) is 37.2 Å². The molecular formula is C15H26N2O3S. The largest absolute Gasteiger partial charge is 0.481 e. The summed E-state index contributed by atoms with van der Waals surface area (Å²) in [6.45, 7) is 1.23. The highest BCUT2D eigenvalue weighted by Crippen LogP contribution is 2.39. The van der Waals surface area contributed by atoms with Gasteiger partial charge in [-0.2, -0.15) is 11.8 Å². The molecule has 1 saturated carbocycles. The minimum absolute atomic E-state index is 0.0479. The Labute approximate surface area is 130 Å². The first kappa shape index (κ1) is 16.6. The van der Waals surface area contributed by atoms with Crippen LogP contribution in [0.25, 0.3) is 0 Å². The van der Waals surface area contributed by atoms with E-state index in [2.05, 4.69) is 0 Å². The van der Waals surface area contributed by atoms with Crippen LogP contribution in [0.2, 0.25) is 0 Å². The lowest BCUT2D eigenvalue weighted by atomic mass is 9.71. The predicted molar refractivity (Wildman–Crippen MR) is 84.3 cm³/mol. The summed E-state index contributed by atoms with van der Waals surface area (Å²) in [4.78, 5) is 25.5. The maximum absolute atomic E-state index is 12.7. The van der Waals surface area contributed by atoms with E-state index in [1.54, 1.807) is 16.7 Å². The van der Waals surface area contributed by atoms with Gasteiger partial charge in [0.15, 0.2) is 0 Å². The third-order valence-electron chi connectivity index (χ3n) is 4.83. The highest BCUT2D eigenvalue weighted by molar-refractivity contribution is 7.99. The first-order valence-electron chi connectivity index (χ1n) is 7.85. The number of carbonyl (C=O) groups excluding carboxylic acids is 1. The minimum Gasteiger partial charge on any atom is -0.481 e. The first-order chi connectivity index (χ1) is 10.1. The van der Waals surface area contributed by atoms with Gasteiger partial charge in [0.05, 0.1) is 12.5 Å². The van der Waals surface area contributed by atoms with Crippen LogP contribution in [0.1, 0.15) is 44.9 Å². The van der Waals surface area contributed by atoms with Crippen molar-refractivity contribution in [3.05, 3.63) is 0 Å². The van der Waals surface area contributed by atoms with Gasteiger partial charge in [-0.3, -0.25) is 9.59 Å². The Morgan fingerprint density at radius 2 is 2.00 bits per heavy atom. The van der Waals surface area contributed by atoms with Gasteiger partial charge in [0.25, 0.3) is 0 Å². The van der Waals surface area contributed by atoms with Crippen LogP contribution in [-0.2, 0) is 9.59 Å². The SMILES string of the molecule is NCC1(CC(=O)N2CCSCC2CC(=O)O)CCCCC1. The van der Waals surface area contributed by atoms with E-state index < -0.39 is 5.97 Å². The van der Waals surface area contributed by atoms with E-state index in [-0.39, 0.29) is 23.8 Å². The van der Waals surface area contributed by atoms with Crippen molar-refractivity contribution >= 4 is 23.6 Å². The molecule has 2 fully saturated rings. The van der Waals surface area contributed by atoms with E-state index >= 15 is 0 Å². The number of aliphatic carboxylic acids is 1. The van der Waals surface area contributed by atoms with Gasteiger partial charge >= 0.3 is 5.97 Å². The number of nitrogens with zero attached hydrogens (tertiary/aromatic N) is 1. The van der Waals surface area contributed by atoms with Gasteiger partial charge in [-0.25, -0.2) is 0 Å². The molecule has 1 atom stereocenters. The molecule has 3 N–H and O–H groups in total. The Hall–Kier alpha value is -0.750. The second-order valence-electron chi connectivity index (χ2n) is 6.36. The minimum atomic E-state index is -0.827. The molecule has 1 unspecified atom stereocenters. The third kappa shape index (κ3) is 4.36. The Balaban J connectivity index is 2.00. The summed E-state index contributed by atoms with van der Waals surface area (Å²) >= 11 is 1.74. The molecule has 0 aromatic rings. The monoisotopic (exact) mass is 314 g/mol. The summed E-state index contributed by atoms with van der Waals surface area (Å²) in [5.74, 6) is 0.908. The lowest BCUT2D eigenvalue weighted by Crippen LogP contribution is -2.49. The Kier molecular flexibility index (Phi) is 5.93. The molecule has 1 aliphatic carbocycles. The zero-order valence-electron chi connectivity index (χ0n) is 12.6. The molecule has 0 spiro atoms. The molecule has 1 saturated heterocycles. The van der Waals surface area contributed by atoms with Gasteiger partial charge in [-0.1, -0.05) is 19.3 Å². The first-order valence-corrected chi connectivity index (χ1v) is 9.01. The standard InChI is InChI=1S/C15H26N2O3S/c16-11-15(4-2-1-3-5-15)9-13(18)17-6-7-21-10-12(17)8-14(19)20/h12H,1-11,16H2,(H,19,20). The molecule has 2 rings (SSSR count). The molecule has 0 radical (unpaired) electrons. The number of thioether (sulfide) groups is 1.